The Morgan fingerprint density at radius 3 is 1.35 bits per heavy atom. The van der Waals surface area contributed by atoms with Crippen molar-refractivity contribution in [3.8, 4) is 23.0 Å². The first-order valence-electron chi connectivity index (χ1n) is 13.2. The van der Waals surface area contributed by atoms with Gasteiger partial charge in [0.25, 0.3) is 0 Å². The molecule has 2 bridgehead atoms. The number of nitrogens with zero attached hydrogens (tertiary/aromatic N) is 1. The molecule has 0 N–H and O–H groups in total. The van der Waals surface area contributed by atoms with Crippen LogP contribution >= 0.6 is 0 Å². The molecule has 2 aliphatic heterocycles. The topological polar surface area (TPSA) is 126 Å². The van der Waals surface area contributed by atoms with Crippen LogP contribution in [0.1, 0.15) is 51.7 Å². The maximum atomic E-state index is 14.0. The van der Waals surface area contributed by atoms with Crippen molar-refractivity contribution in [1.82, 2.24) is 4.90 Å². The molecule has 2 fully saturated rings. The van der Waals surface area contributed by atoms with E-state index in [1.54, 1.807) is 36.4 Å². The van der Waals surface area contributed by atoms with Gasteiger partial charge in [-0.25, -0.2) is 0 Å². The first kappa shape index (κ1) is 28.9. The molecule has 10 nitrogen and oxygen atoms in total. The van der Waals surface area contributed by atoms with E-state index in [-0.39, 0.29) is 52.7 Å². The van der Waals surface area contributed by atoms with E-state index in [1.807, 2.05) is 7.05 Å². The highest BCUT2D eigenvalue weighted by Gasteiger charge is 2.50. The summed E-state index contributed by atoms with van der Waals surface area (Å²) in [6.45, 7) is 5.05. The monoisotopic (exact) mass is 551 g/mol. The van der Waals surface area contributed by atoms with Gasteiger partial charge in [-0.05, 0) is 68.1 Å². The zero-order valence-corrected chi connectivity index (χ0v) is 23.2. The molecule has 2 heterocycles. The van der Waals surface area contributed by atoms with E-state index >= 15 is 0 Å². The van der Waals surface area contributed by atoms with Crippen LogP contribution in [0.2, 0.25) is 0 Å². The van der Waals surface area contributed by atoms with Gasteiger partial charge in [-0.2, -0.15) is 0 Å². The zero-order chi connectivity index (χ0) is 29.1. The number of ether oxygens (including phenoxy) is 4. The summed E-state index contributed by atoms with van der Waals surface area (Å²) in [6.07, 6.45) is 2.60. The van der Waals surface area contributed by atoms with Gasteiger partial charge in [0.1, 0.15) is 5.78 Å². The first-order chi connectivity index (χ1) is 18.9. The summed E-state index contributed by atoms with van der Waals surface area (Å²) in [5.74, 6) is -2.11. The molecule has 212 valence electrons. The molecule has 10 heteroatoms. The summed E-state index contributed by atoms with van der Waals surface area (Å²) in [6, 6.07) is 10.1. The molecule has 2 aromatic rings. The Balaban J connectivity index is 1.60. The highest BCUT2D eigenvalue weighted by Crippen LogP contribution is 2.43. The minimum atomic E-state index is -0.550. The maximum Gasteiger partial charge on any atom is 0.308 e. The van der Waals surface area contributed by atoms with E-state index in [9.17, 15) is 24.0 Å². The molecule has 0 amide bonds. The van der Waals surface area contributed by atoms with E-state index in [0.717, 1.165) is 24.0 Å². The molecule has 2 aromatic carbocycles. The number of carbonyl (C=O) groups is 5. The van der Waals surface area contributed by atoms with Gasteiger partial charge >= 0.3 is 23.9 Å². The van der Waals surface area contributed by atoms with Crippen molar-refractivity contribution in [2.24, 2.45) is 11.8 Å². The van der Waals surface area contributed by atoms with Gasteiger partial charge in [0.15, 0.2) is 23.0 Å². The minimum Gasteiger partial charge on any atom is -0.423 e. The third-order valence-electron chi connectivity index (χ3n) is 7.41. The quantitative estimate of drug-likeness (QED) is 0.356. The van der Waals surface area contributed by atoms with Crippen LogP contribution in [0, 0.1) is 11.8 Å². The van der Waals surface area contributed by atoms with Crippen molar-refractivity contribution in [2.45, 2.75) is 65.5 Å². The van der Waals surface area contributed by atoms with Gasteiger partial charge in [0, 0.05) is 51.6 Å². The van der Waals surface area contributed by atoms with Crippen LogP contribution in [0.5, 0.6) is 23.0 Å². The van der Waals surface area contributed by atoms with E-state index in [2.05, 4.69) is 4.90 Å². The number of carbonyl (C=O) groups excluding carboxylic acids is 5. The fourth-order valence-electron chi connectivity index (χ4n) is 5.91. The van der Waals surface area contributed by atoms with Gasteiger partial charge in [-0.15, -0.1) is 0 Å². The highest BCUT2D eigenvalue weighted by atomic mass is 16.6. The number of Topliss-reactive ketones (excluding diaryl/α,β-unsaturated/α-hetero) is 1. The Morgan fingerprint density at radius 1 is 0.650 bits per heavy atom. The summed E-state index contributed by atoms with van der Waals surface area (Å²) >= 11 is 0. The molecule has 40 heavy (non-hydrogen) atoms. The number of ketones is 1. The van der Waals surface area contributed by atoms with Crippen LogP contribution in [0.4, 0.5) is 0 Å². The third kappa shape index (κ3) is 6.56. The van der Waals surface area contributed by atoms with Crippen molar-refractivity contribution in [3.63, 3.8) is 0 Å². The summed E-state index contributed by atoms with van der Waals surface area (Å²) in [4.78, 5) is 62.5. The fourth-order valence-corrected chi connectivity index (χ4v) is 5.91. The van der Waals surface area contributed by atoms with E-state index in [1.165, 1.54) is 27.7 Å². The average Bonchev–Trinajstić information content (AvgIpc) is 3.16. The normalized spacial score (nSPS) is 22.0. The van der Waals surface area contributed by atoms with E-state index < -0.39 is 23.9 Å². The van der Waals surface area contributed by atoms with Crippen molar-refractivity contribution in [3.05, 3.63) is 47.5 Å². The molecular weight excluding hydrogens is 518 g/mol. The molecule has 0 saturated carbocycles. The second-order valence-corrected chi connectivity index (χ2v) is 10.3. The van der Waals surface area contributed by atoms with Crippen molar-refractivity contribution >= 4 is 29.7 Å². The van der Waals surface area contributed by atoms with Gasteiger partial charge in [0.2, 0.25) is 0 Å². The van der Waals surface area contributed by atoms with Crippen molar-refractivity contribution < 1.29 is 42.9 Å². The summed E-state index contributed by atoms with van der Waals surface area (Å²) in [7, 11) is 2.04. The first-order valence-corrected chi connectivity index (χ1v) is 13.2. The fraction of sp³-hybridized carbons (Fsp3) is 0.433. The second-order valence-electron chi connectivity index (χ2n) is 10.3. The van der Waals surface area contributed by atoms with Crippen LogP contribution in [0.25, 0.3) is 0 Å². The number of piperidine rings is 1. The second kappa shape index (κ2) is 12.0. The predicted octanol–water partition coefficient (Wildman–Crippen LogP) is 3.45. The van der Waals surface area contributed by atoms with Crippen LogP contribution in [-0.4, -0.2) is 53.7 Å². The molecule has 0 aromatic heterocycles. The number of benzene rings is 2. The average molecular weight is 552 g/mol. The molecule has 0 spiro atoms. The Bertz CT molecular complexity index is 1250. The lowest BCUT2D eigenvalue weighted by Crippen LogP contribution is -2.53. The van der Waals surface area contributed by atoms with Gasteiger partial charge < -0.3 is 18.9 Å². The number of rotatable bonds is 8. The molecule has 0 radical (unpaired) electrons. The molecule has 4 rings (SSSR count). The predicted molar refractivity (Wildman–Crippen MR) is 142 cm³/mol. The van der Waals surface area contributed by atoms with E-state index in [0.29, 0.717) is 12.8 Å². The SMILES string of the molecule is CC(=O)Oc1ccc(CC2C(=O)C(Cc3ccc(OC(C)=O)c(OC(C)=O)c3)C3CCC2N3C)cc1OC(C)=O. The van der Waals surface area contributed by atoms with Gasteiger partial charge in [0.05, 0.1) is 0 Å². The Labute approximate surface area is 232 Å². The number of hydrogen-bond acceptors (Lipinski definition) is 10. The number of hydrogen-bond donors (Lipinski definition) is 0. The Morgan fingerprint density at radius 2 is 1.00 bits per heavy atom. The van der Waals surface area contributed by atoms with Crippen LogP contribution < -0.4 is 18.9 Å². The summed E-state index contributed by atoms with van der Waals surface area (Å²) < 4.78 is 20.9. The summed E-state index contributed by atoms with van der Waals surface area (Å²) in [5.41, 5.74) is 1.57. The van der Waals surface area contributed by atoms with Crippen LogP contribution in [0.15, 0.2) is 36.4 Å². The third-order valence-corrected chi connectivity index (χ3v) is 7.41. The molecule has 4 unspecified atom stereocenters. The molecule has 2 aliphatic rings. The molecule has 4 atom stereocenters. The lowest BCUT2D eigenvalue weighted by atomic mass is 9.76. The molecule has 0 aliphatic carbocycles. The standard InChI is InChI=1S/C30H33NO9/c1-16(32)37-26-10-6-20(14-28(26)39-18(3)34)12-22-24-8-9-25(31(24)5)23(30(22)36)13-21-7-11-27(38-17(2)33)29(15-21)40-19(4)35/h6-7,10-11,14-15,22-25H,8-9,12-13H2,1-5H3. The largest absolute Gasteiger partial charge is 0.423 e. The highest BCUT2D eigenvalue weighted by molar-refractivity contribution is 5.87. The lowest BCUT2D eigenvalue weighted by Gasteiger charge is -2.41. The van der Waals surface area contributed by atoms with Crippen LogP contribution in [0.3, 0.4) is 0 Å². The number of esters is 4. The Hall–Kier alpha value is -4.05. The van der Waals surface area contributed by atoms with Crippen molar-refractivity contribution in [1.29, 1.82) is 0 Å². The summed E-state index contributed by atoms with van der Waals surface area (Å²) in [5, 5.41) is 0. The zero-order valence-electron chi connectivity index (χ0n) is 23.2. The molecule has 2 saturated heterocycles. The van der Waals surface area contributed by atoms with Crippen LogP contribution in [-0.2, 0) is 36.8 Å². The smallest absolute Gasteiger partial charge is 0.308 e. The van der Waals surface area contributed by atoms with Gasteiger partial charge in [-0.3, -0.25) is 28.9 Å². The Kier molecular flexibility index (Phi) is 8.68. The maximum absolute atomic E-state index is 14.0. The number of fused-ring (bicyclic) bond motifs is 2. The lowest BCUT2D eigenvalue weighted by molar-refractivity contribution is -0.135. The van der Waals surface area contributed by atoms with Crippen molar-refractivity contribution in [2.75, 3.05) is 7.05 Å². The minimum absolute atomic E-state index is 0.0713. The molecular formula is C30H33NO9. The van der Waals surface area contributed by atoms with E-state index in [4.69, 9.17) is 18.9 Å². The van der Waals surface area contributed by atoms with Gasteiger partial charge in [-0.1, -0.05) is 12.1 Å².